The van der Waals surface area contributed by atoms with E-state index < -0.39 is 0 Å². The van der Waals surface area contributed by atoms with Crippen LogP contribution in [0.2, 0.25) is 0 Å². The lowest BCUT2D eigenvalue weighted by molar-refractivity contribution is -0.121. The van der Waals surface area contributed by atoms with Gasteiger partial charge in [-0.05, 0) is 43.4 Å². The third-order valence-electron chi connectivity index (χ3n) is 4.89. The summed E-state index contributed by atoms with van der Waals surface area (Å²) >= 11 is 0. The second kappa shape index (κ2) is 12.0. The van der Waals surface area contributed by atoms with Crippen LogP contribution in [0.4, 0.5) is 0 Å². The number of ether oxygens (including phenoxy) is 2. The van der Waals surface area contributed by atoms with Gasteiger partial charge in [0.25, 0.3) is 0 Å². The van der Waals surface area contributed by atoms with Crippen LogP contribution in [0.5, 0.6) is 11.5 Å². The summed E-state index contributed by atoms with van der Waals surface area (Å²) in [4.78, 5) is 16.6. The van der Waals surface area contributed by atoms with Crippen molar-refractivity contribution >= 4 is 35.8 Å². The Balaban J connectivity index is 0.00000280. The summed E-state index contributed by atoms with van der Waals surface area (Å²) in [6.45, 7) is 4.87. The molecule has 1 aliphatic carbocycles. The zero-order chi connectivity index (χ0) is 18.9. The van der Waals surface area contributed by atoms with Crippen molar-refractivity contribution < 1.29 is 14.3 Å². The molecule has 3 rings (SSSR count). The number of carbonyl (C=O) groups excluding carboxylic acids is 1. The minimum Gasteiger partial charge on any atom is -0.454 e. The lowest BCUT2D eigenvalue weighted by Crippen LogP contribution is -2.41. The number of fused-ring (bicyclic) bond motifs is 1. The van der Waals surface area contributed by atoms with E-state index in [0.29, 0.717) is 32.0 Å². The van der Waals surface area contributed by atoms with Gasteiger partial charge in [0.2, 0.25) is 12.7 Å². The quantitative estimate of drug-likeness (QED) is 0.221. The number of hydrogen-bond acceptors (Lipinski definition) is 4. The predicted octanol–water partition coefficient (Wildman–Crippen LogP) is 2.78. The second-order valence-electron chi connectivity index (χ2n) is 7.01. The molecule has 1 fully saturated rings. The molecule has 1 aromatic rings. The van der Waals surface area contributed by atoms with Crippen molar-refractivity contribution in [2.45, 2.75) is 45.6 Å². The summed E-state index contributed by atoms with van der Waals surface area (Å²) < 4.78 is 10.7. The Hall–Kier alpha value is -1.71. The van der Waals surface area contributed by atoms with E-state index in [0.717, 1.165) is 29.6 Å². The topological polar surface area (TPSA) is 84.0 Å². The first-order chi connectivity index (χ1) is 13.2. The SMILES string of the molecule is CCNC(=NCc1ccc2c(c1)OCO2)NCCNC(=O)CC1CCCC1.I. The van der Waals surface area contributed by atoms with E-state index in [-0.39, 0.29) is 36.7 Å². The predicted molar refractivity (Wildman–Crippen MR) is 120 cm³/mol. The molecule has 1 aromatic carbocycles. The fraction of sp³-hybridized carbons (Fsp3) is 0.600. The number of rotatable bonds is 8. The van der Waals surface area contributed by atoms with Crippen LogP contribution >= 0.6 is 24.0 Å². The average Bonchev–Trinajstić information content (AvgIpc) is 3.34. The summed E-state index contributed by atoms with van der Waals surface area (Å²) in [5, 5.41) is 9.48. The molecule has 3 N–H and O–H groups in total. The minimum atomic E-state index is 0. The van der Waals surface area contributed by atoms with Crippen LogP contribution < -0.4 is 25.4 Å². The van der Waals surface area contributed by atoms with Gasteiger partial charge in [-0.2, -0.15) is 0 Å². The Bertz CT molecular complexity index is 663. The Kier molecular flexibility index (Phi) is 9.66. The highest BCUT2D eigenvalue weighted by Gasteiger charge is 2.18. The van der Waals surface area contributed by atoms with Crippen molar-refractivity contribution in [1.29, 1.82) is 0 Å². The molecule has 0 atom stereocenters. The summed E-state index contributed by atoms with van der Waals surface area (Å²) in [6.07, 6.45) is 5.60. The Morgan fingerprint density at radius 1 is 1.11 bits per heavy atom. The van der Waals surface area contributed by atoms with Crippen LogP contribution in [0.15, 0.2) is 23.2 Å². The van der Waals surface area contributed by atoms with E-state index in [4.69, 9.17) is 9.47 Å². The molecule has 156 valence electrons. The molecular weight excluding hydrogens is 471 g/mol. The molecule has 0 unspecified atom stereocenters. The Morgan fingerprint density at radius 2 is 1.86 bits per heavy atom. The summed E-state index contributed by atoms with van der Waals surface area (Å²) in [7, 11) is 0. The Labute approximate surface area is 184 Å². The van der Waals surface area contributed by atoms with E-state index in [1.807, 2.05) is 25.1 Å². The number of benzene rings is 1. The fourth-order valence-corrected chi connectivity index (χ4v) is 3.48. The van der Waals surface area contributed by atoms with E-state index in [2.05, 4.69) is 20.9 Å². The maximum absolute atomic E-state index is 12.0. The Morgan fingerprint density at radius 3 is 2.64 bits per heavy atom. The number of amides is 1. The smallest absolute Gasteiger partial charge is 0.231 e. The molecule has 1 amide bonds. The number of nitrogens with zero attached hydrogens (tertiary/aromatic N) is 1. The maximum Gasteiger partial charge on any atom is 0.231 e. The molecule has 8 heteroatoms. The molecule has 0 spiro atoms. The van der Waals surface area contributed by atoms with Crippen molar-refractivity contribution in [3.63, 3.8) is 0 Å². The molecule has 1 aliphatic heterocycles. The molecular formula is C20H31IN4O3. The normalized spacial score (nSPS) is 15.8. The first-order valence-corrected chi connectivity index (χ1v) is 9.92. The minimum absolute atomic E-state index is 0. The highest BCUT2D eigenvalue weighted by atomic mass is 127. The largest absolute Gasteiger partial charge is 0.454 e. The molecule has 0 radical (unpaired) electrons. The number of aliphatic imine (C=N–C) groups is 1. The molecule has 0 bridgehead atoms. The zero-order valence-electron chi connectivity index (χ0n) is 16.5. The lowest BCUT2D eigenvalue weighted by Gasteiger charge is -2.13. The molecule has 2 aliphatic rings. The fourth-order valence-electron chi connectivity index (χ4n) is 3.48. The van der Waals surface area contributed by atoms with Crippen LogP contribution in [0, 0.1) is 5.92 Å². The number of hydrogen-bond donors (Lipinski definition) is 3. The standard InChI is InChI=1S/C20H30N4O3.HI/c1-2-21-20(23-10-9-22-19(25)12-15-5-3-4-6-15)24-13-16-7-8-17-18(11-16)27-14-26-17;/h7-8,11,15H,2-6,9-10,12-14H2,1H3,(H,22,25)(H2,21,23,24);1H. The van der Waals surface area contributed by atoms with Gasteiger partial charge in [-0.3, -0.25) is 4.79 Å². The first-order valence-electron chi connectivity index (χ1n) is 9.92. The number of carbonyl (C=O) groups is 1. The van der Waals surface area contributed by atoms with Gasteiger partial charge < -0.3 is 25.4 Å². The zero-order valence-corrected chi connectivity index (χ0v) is 18.8. The van der Waals surface area contributed by atoms with Gasteiger partial charge >= 0.3 is 0 Å². The van der Waals surface area contributed by atoms with Crippen LogP contribution in [0.25, 0.3) is 0 Å². The van der Waals surface area contributed by atoms with Gasteiger partial charge in [0.15, 0.2) is 17.5 Å². The van der Waals surface area contributed by atoms with Crippen molar-refractivity contribution in [3.05, 3.63) is 23.8 Å². The van der Waals surface area contributed by atoms with Gasteiger partial charge in [-0.1, -0.05) is 18.9 Å². The number of guanidine groups is 1. The summed E-state index contributed by atoms with van der Waals surface area (Å²) in [5.74, 6) is 3.02. The maximum atomic E-state index is 12.0. The number of nitrogens with one attached hydrogen (secondary N) is 3. The van der Waals surface area contributed by atoms with Crippen LogP contribution in [-0.2, 0) is 11.3 Å². The summed E-state index contributed by atoms with van der Waals surface area (Å²) in [5.41, 5.74) is 1.06. The van der Waals surface area contributed by atoms with E-state index in [1.54, 1.807) is 0 Å². The molecule has 28 heavy (non-hydrogen) atoms. The average molecular weight is 502 g/mol. The summed E-state index contributed by atoms with van der Waals surface area (Å²) in [6, 6.07) is 5.86. The van der Waals surface area contributed by atoms with Gasteiger partial charge in [0, 0.05) is 26.1 Å². The molecule has 7 nitrogen and oxygen atoms in total. The van der Waals surface area contributed by atoms with Gasteiger partial charge in [0.1, 0.15) is 0 Å². The molecule has 1 saturated carbocycles. The monoisotopic (exact) mass is 502 g/mol. The molecule has 1 heterocycles. The van der Waals surface area contributed by atoms with Gasteiger partial charge in [0.05, 0.1) is 6.54 Å². The first kappa shape index (κ1) is 22.6. The highest BCUT2D eigenvalue weighted by molar-refractivity contribution is 14.0. The van der Waals surface area contributed by atoms with Crippen molar-refractivity contribution in [2.75, 3.05) is 26.4 Å². The molecule has 0 saturated heterocycles. The molecule has 0 aromatic heterocycles. The van der Waals surface area contributed by atoms with E-state index in [1.165, 1.54) is 25.7 Å². The third kappa shape index (κ3) is 7.03. The van der Waals surface area contributed by atoms with Crippen LogP contribution in [0.3, 0.4) is 0 Å². The second-order valence-corrected chi connectivity index (χ2v) is 7.01. The number of halogens is 1. The van der Waals surface area contributed by atoms with Crippen LogP contribution in [-0.4, -0.2) is 38.3 Å². The highest BCUT2D eigenvalue weighted by Crippen LogP contribution is 2.32. The van der Waals surface area contributed by atoms with Gasteiger partial charge in [-0.25, -0.2) is 4.99 Å². The lowest BCUT2D eigenvalue weighted by atomic mass is 10.0. The third-order valence-corrected chi connectivity index (χ3v) is 4.89. The van der Waals surface area contributed by atoms with Crippen molar-refractivity contribution in [3.8, 4) is 11.5 Å². The van der Waals surface area contributed by atoms with E-state index in [9.17, 15) is 4.79 Å². The van der Waals surface area contributed by atoms with Crippen molar-refractivity contribution in [1.82, 2.24) is 16.0 Å². The van der Waals surface area contributed by atoms with E-state index >= 15 is 0 Å². The van der Waals surface area contributed by atoms with Gasteiger partial charge in [-0.15, -0.1) is 24.0 Å². The van der Waals surface area contributed by atoms with Crippen molar-refractivity contribution in [2.24, 2.45) is 10.9 Å². The van der Waals surface area contributed by atoms with Crippen LogP contribution in [0.1, 0.15) is 44.6 Å².